The molecule has 2 aromatic heterocycles. The van der Waals surface area contributed by atoms with Gasteiger partial charge in [0, 0.05) is 17.8 Å². The van der Waals surface area contributed by atoms with E-state index in [-0.39, 0.29) is 5.91 Å². The number of hydrogen-bond donors (Lipinski definition) is 1. The highest BCUT2D eigenvalue weighted by molar-refractivity contribution is 6.30. The fourth-order valence-corrected chi connectivity index (χ4v) is 2.00. The molecule has 0 bridgehead atoms. The van der Waals surface area contributed by atoms with Gasteiger partial charge in [0.25, 0.3) is 5.91 Å². The van der Waals surface area contributed by atoms with Gasteiger partial charge < -0.3 is 9.84 Å². The topological polar surface area (TPSA) is 73.0 Å². The van der Waals surface area contributed by atoms with Crippen molar-refractivity contribution in [3.05, 3.63) is 65.1 Å². The number of rotatable bonds is 4. The van der Waals surface area contributed by atoms with E-state index < -0.39 is 0 Å². The van der Waals surface area contributed by atoms with Crippen LogP contribution in [0, 0.1) is 0 Å². The van der Waals surface area contributed by atoms with Crippen LogP contribution in [-0.2, 0) is 6.54 Å². The Kier molecular flexibility index (Phi) is 3.70. The fraction of sp³-hybridized carbons (Fsp3) is 0.0714. The van der Waals surface area contributed by atoms with Gasteiger partial charge in [0.1, 0.15) is 6.26 Å². The average molecular weight is 303 g/mol. The molecule has 21 heavy (non-hydrogen) atoms. The van der Waals surface area contributed by atoms with E-state index in [1.165, 1.54) is 6.26 Å². The molecule has 0 spiro atoms. The second kappa shape index (κ2) is 5.80. The summed E-state index contributed by atoms with van der Waals surface area (Å²) < 4.78 is 6.38. The minimum Gasteiger partial charge on any atom is -0.363 e. The molecule has 106 valence electrons. The molecule has 1 aromatic carbocycles. The van der Waals surface area contributed by atoms with Crippen LogP contribution in [0.5, 0.6) is 0 Å². The summed E-state index contributed by atoms with van der Waals surface area (Å²) in [4.78, 5) is 12.0. The summed E-state index contributed by atoms with van der Waals surface area (Å²) in [6, 6.07) is 8.81. The molecule has 3 aromatic rings. The summed E-state index contributed by atoms with van der Waals surface area (Å²) >= 11 is 5.81. The smallest absolute Gasteiger partial charge is 0.256 e. The Morgan fingerprint density at radius 1 is 1.29 bits per heavy atom. The Bertz CT molecular complexity index is 735. The van der Waals surface area contributed by atoms with Crippen molar-refractivity contribution >= 4 is 23.3 Å². The van der Waals surface area contributed by atoms with Crippen LogP contribution in [0.15, 0.2) is 53.5 Å². The van der Waals surface area contributed by atoms with E-state index in [1.54, 1.807) is 35.3 Å². The molecule has 0 radical (unpaired) electrons. The minimum absolute atomic E-state index is 0.238. The minimum atomic E-state index is -0.238. The Balaban J connectivity index is 1.67. The van der Waals surface area contributed by atoms with Crippen LogP contribution >= 0.6 is 11.6 Å². The lowest BCUT2D eigenvalue weighted by molar-refractivity contribution is 0.102. The van der Waals surface area contributed by atoms with Gasteiger partial charge in [-0.15, -0.1) is 0 Å². The molecule has 0 unspecified atom stereocenters. The fourth-order valence-electron chi connectivity index (χ4n) is 1.84. The predicted molar refractivity (Wildman–Crippen MR) is 77.2 cm³/mol. The normalized spacial score (nSPS) is 10.5. The highest BCUT2D eigenvalue weighted by Crippen LogP contribution is 2.11. The number of anilines is 1. The quantitative estimate of drug-likeness (QED) is 0.804. The Hall–Kier alpha value is -2.60. The molecule has 0 saturated heterocycles. The number of nitrogens with zero attached hydrogens (tertiary/aromatic N) is 3. The Labute approximate surface area is 125 Å². The third-order valence-corrected chi connectivity index (χ3v) is 3.04. The maximum Gasteiger partial charge on any atom is 0.256 e. The van der Waals surface area contributed by atoms with Crippen LogP contribution in [0.4, 0.5) is 5.82 Å². The van der Waals surface area contributed by atoms with E-state index in [4.69, 9.17) is 11.6 Å². The van der Waals surface area contributed by atoms with Crippen molar-refractivity contribution in [1.29, 1.82) is 0 Å². The third kappa shape index (κ3) is 3.29. The van der Waals surface area contributed by atoms with E-state index in [2.05, 4.69) is 20.1 Å². The predicted octanol–water partition coefficient (Wildman–Crippen LogP) is 2.83. The summed E-state index contributed by atoms with van der Waals surface area (Å²) in [5.74, 6) is 0.146. The number of carbonyl (C=O) groups is 1. The molecular formula is C14H11ClN4O2. The molecule has 0 saturated carbocycles. The summed E-state index contributed by atoms with van der Waals surface area (Å²) in [5.41, 5.74) is 1.56. The number of hydrogen-bond acceptors (Lipinski definition) is 4. The van der Waals surface area contributed by atoms with Gasteiger partial charge >= 0.3 is 0 Å². The highest BCUT2D eigenvalue weighted by atomic mass is 35.5. The number of carbonyl (C=O) groups excluding carboxylic acids is 1. The lowest BCUT2D eigenvalue weighted by atomic mass is 10.1. The summed E-state index contributed by atoms with van der Waals surface area (Å²) in [6.07, 6.45) is 4.72. The molecule has 1 amide bonds. The van der Waals surface area contributed by atoms with Crippen LogP contribution in [0.1, 0.15) is 15.9 Å². The van der Waals surface area contributed by atoms with Crippen LogP contribution in [0.2, 0.25) is 5.02 Å². The first-order valence-electron chi connectivity index (χ1n) is 6.19. The number of amides is 1. The second-order valence-electron chi connectivity index (χ2n) is 4.39. The monoisotopic (exact) mass is 302 g/mol. The van der Waals surface area contributed by atoms with Gasteiger partial charge in [-0.25, -0.2) is 0 Å². The second-order valence-corrected chi connectivity index (χ2v) is 4.83. The summed E-state index contributed by atoms with van der Waals surface area (Å²) in [6.45, 7) is 0.595. The zero-order valence-corrected chi connectivity index (χ0v) is 11.6. The van der Waals surface area contributed by atoms with Crippen molar-refractivity contribution < 1.29 is 9.32 Å². The molecule has 0 aliphatic rings. The van der Waals surface area contributed by atoms with Crippen molar-refractivity contribution in [1.82, 2.24) is 14.9 Å². The summed E-state index contributed by atoms with van der Waals surface area (Å²) in [7, 11) is 0. The highest BCUT2D eigenvalue weighted by Gasteiger charge is 2.07. The number of nitrogens with one attached hydrogen (secondary N) is 1. The molecule has 0 fully saturated rings. The van der Waals surface area contributed by atoms with E-state index in [0.29, 0.717) is 22.9 Å². The molecule has 7 heteroatoms. The first-order valence-corrected chi connectivity index (χ1v) is 6.57. The number of benzene rings is 1. The zero-order valence-electron chi connectivity index (χ0n) is 10.9. The van der Waals surface area contributed by atoms with E-state index in [9.17, 15) is 4.79 Å². The van der Waals surface area contributed by atoms with Gasteiger partial charge in [0.15, 0.2) is 5.82 Å². The maximum absolute atomic E-state index is 12.0. The Morgan fingerprint density at radius 3 is 2.71 bits per heavy atom. The molecule has 6 nitrogen and oxygen atoms in total. The average Bonchev–Trinajstić information content (AvgIpc) is 3.12. The van der Waals surface area contributed by atoms with Crippen LogP contribution in [0.25, 0.3) is 0 Å². The number of halogens is 1. The molecule has 3 rings (SSSR count). The third-order valence-electron chi connectivity index (χ3n) is 2.84. The molecule has 0 aliphatic heterocycles. The number of aromatic nitrogens is 3. The van der Waals surface area contributed by atoms with Gasteiger partial charge in [0.2, 0.25) is 0 Å². The van der Waals surface area contributed by atoms with E-state index in [0.717, 1.165) is 5.56 Å². The SMILES string of the molecule is O=C(Nc1ccon1)c1ccc(Cn2cc(Cl)cn2)cc1. The molecule has 2 heterocycles. The van der Waals surface area contributed by atoms with Crippen molar-refractivity contribution in [2.24, 2.45) is 0 Å². The standard InChI is InChI=1S/C14H11ClN4O2/c15-12-7-16-19(9-12)8-10-1-3-11(4-2-10)14(20)17-13-5-6-21-18-13/h1-7,9H,8H2,(H,17,18,20). The lowest BCUT2D eigenvalue weighted by Gasteiger charge is -2.04. The molecule has 1 N–H and O–H groups in total. The lowest BCUT2D eigenvalue weighted by Crippen LogP contribution is -2.12. The van der Waals surface area contributed by atoms with E-state index in [1.807, 2.05) is 12.1 Å². The first kappa shape index (κ1) is 13.4. The van der Waals surface area contributed by atoms with Gasteiger partial charge in [-0.2, -0.15) is 5.10 Å². The van der Waals surface area contributed by atoms with Crippen LogP contribution < -0.4 is 5.32 Å². The summed E-state index contributed by atoms with van der Waals surface area (Å²) in [5, 5.41) is 11.0. The van der Waals surface area contributed by atoms with Gasteiger partial charge in [0.05, 0.1) is 17.8 Å². The van der Waals surface area contributed by atoms with Crippen molar-refractivity contribution in [2.75, 3.05) is 5.32 Å². The van der Waals surface area contributed by atoms with Gasteiger partial charge in [-0.05, 0) is 17.7 Å². The molecule has 0 atom stereocenters. The van der Waals surface area contributed by atoms with Gasteiger partial charge in [-0.3, -0.25) is 9.48 Å². The van der Waals surface area contributed by atoms with Crippen molar-refractivity contribution in [3.8, 4) is 0 Å². The first-order chi connectivity index (χ1) is 10.2. The van der Waals surface area contributed by atoms with Crippen molar-refractivity contribution in [3.63, 3.8) is 0 Å². The largest absolute Gasteiger partial charge is 0.363 e. The van der Waals surface area contributed by atoms with E-state index >= 15 is 0 Å². The molecule has 0 aliphatic carbocycles. The maximum atomic E-state index is 12.0. The Morgan fingerprint density at radius 2 is 2.10 bits per heavy atom. The zero-order chi connectivity index (χ0) is 14.7. The van der Waals surface area contributed by atoms with Crippen LogP contribution in [0.3, 0.4) is 0 Å². The van der Waals surface area contributed by atoms with Gasteiger partial charge in [-0.1, -0.05) is 28.9 Å². The molecular weight excluding hydrogens is 292 g/mol. The van der Waals surface area contributed by atoms with Crippen LogP contribution in [-0.4, -0.2) is 20.8 Å². The van der Waals surface area contributed by atoms with Crippen molar-refractivity contribution in [2.45, 2.75) is 6.54 Å².